The molecule has 2 amide bonds. The Hall–Kier alpha value is -2.36. The van der Waals surface area contributed by atoms with Crippen LogP contribution >= 0.6 is 23.2 Å². The summed E-state index contributed by atoms with van der Waals surface area (Å²) in [6.07, 6.45) is 1.00. The number of nitrogens with one attached hydrogen (secondary N) is 1. The van der Waals surface area contributed by atoms with Crippen LogP contribution in [-0.2, 0) is 16.1 Å². The molecule has 0 aliphatic carbocycles. The standard InChI is InChI=1S/C29H37Cl2N3O5/c1-18-14-34(19(2)17-35)29(37)22-5-4-6-25(32-28(36)21-9-11-38-12-10-21)27(22)39-26(18)16-33(3)15-20-7-8-23(30)24(31)13-20/h4-8,13,18-19,21,26,35H,9-12,14-17H2,1-3H3,(H,32,36)/t18-,19+,26-/m0/s1. The van der Waals surface area contributed by atoms with Crippen molar-refractivity contribution in [1.29, 1.82) is 0 Å². The number of aliphatic hydroxyl groups is 1. The first kappa shape index (κ1) is 29.6. The van der Waals surface area contributed by atoms with Crippen molar-refractivity contribution in [2.45, 2.75) is 45.4 Å². The van der Waals surface area contributed by atoms with Gasteiger partial charge in [-0.25, -0.2) is 0 Å². The van der Waals surface area contributed by atoms with E-state index in [2.05, 4.69) is 10.2 Å². The van der Waals surface area contributed by atoms with Crippen LogP contribution < -0.4 is 10.1 Å². The molecule has 2 N–H and O–H groups in total. The highest BCUT2D eigenvalue weighted by molar-refractivity contribution is 6.42. The molecule has 0 unspecified atom stereocenters. The second kappa shape index (κ2) is 13.3. The van der Waals surface area contributed by atoms with Crippen LogP contribution in [-0.4, -0.2) is 78.8 Å². The third-order valence-corrected chi connectivity index (χ3v) is 8.21. The molecular formula is C29H37Cl2N3O5. The molecule has 0 bridgehead atoms. The monoisotopic (exact) mass is 577 g/mol. The van der Waals surface area contributed by atoms with Crippen molar-refractivity contribution in [3.8, 4) is 5.75 Å². The van der Waals surface area contributed by atoms with Gasteiger partial charge >= 0.3 is 0 Å². The summed E-state index contributed by atoms with van der Waals surface area (Å²) < 4.78 is 12.0. The van der Waals surface area contributed by atoms with E-state index < -0.39 is 0 Å². The fourth-order valence-electron chi connectivity index (χ4n) is 5.08. The van der Waals surface area contributed by atoms with Crippen molar-refractivity contribution in [3.63, 3.8) is 0 Å². The van der Waals surface area contributed by atoms with Gasteiger partial charge in [-0.15, -0.1) is 0 Å². The predicted octanol–water partition coefficient (Wildman–Crippen LogP) is 4.71. The SMILES string of the molecule is C[C@H](CO)N1C[C@H](C)[C@H](CN(C)Cc2ccc(Cl)c(Cl)c2)Oc2c(NC(=O)C3CCOCC3)cccc2C1=O. The molecule has 8 nitrogen and oxygen atoms in total. The number of hydrogen-bond acceptors (Lipinski definition) is 6. The molecule has 10 heteroatoms. The second-order valence-electron chi connectivity index (χ2n) is 10.6. The molecule has 0 spiro atoms. The molecule has 1 saturated heterocycles. The zero-order valence-corrected chi connectivity index (χ0v) is 24.2. The second-order valence-corrected chi connectivity index (χ2v) is 11.4. The van der Waals surface area contributed by atoms with Crippen LogP contribution in [0.4, 0.5) is 5.69 Å². The van der Waals surface area contributed by atoms with E-state index >= 15 is 0 Å². The fourth-order valence-corrected chi connectivity index (χ4v) is 5.40. The summed E-state index contributed by atoms with van der Waals surface area (Å²) in [4.78, 5) is 30.6. The van der Waals surface area contributed by atoms with Crippen LogP contribution in [0.5, 0.6) is 5.75 Å². The molecule has 0 saturated carbocycles. The third kappa shape index (κ3) is 7.24. The van der Waals surface area contributed by atoms with Gasteiger partial charge in [0, 0.05) is 44.7 Å². The molecule has 0 aromatic heterocycles. The smallest absolute Gasteiger partial charge is 0.258 e. The van der Waals surface area contributed by atoms with Crippen LogP contribution in [0.2, 0.25) is 10.0 Å². The Balaban J connectivity index is 1.63. The van der Waals surface area contributed by atoms with Gasteiger partial charge in [-0.3, -0.25) is 14.5 Å². The summed E-state index contributed by atoms with van der Waals surface area (Å²) in [5.41, 5.74) is 1.85. The molecule has 0 radical (unpaired) electrons. The molecule has 1 fully saturated rings. The van der Waals surface area contributed by atoms with Crippen molar-refractivity contribution in [2.24, 2.45) is 11.8 Å². The topological polar surface area (TPSA) is 91.3 Å². The van der Waals surface area contributed by atoms with Gasteiger partial charge in [0.25, 0.3) is 5.91 Å². The van der Waals surface area contributed by atoms with E-state index in [1.807, 2.05) is 33.0 Å². The number of ether oxygens (including phenoxy) is 2. The lowest BCUT2D eigenvalue weighted by Crippen LogP contribution is -2.49. The first-order valence-corrected chi connectivity index (χ1v) is 14.2. The van der Waals surface area contributed by atoms with Crippen LogP contribution in [0.25, 0.3) is 0 Å². The van der Waals surface area contributed by atoms with Gasteiger partial charge in [0.2, 0.25) is 5.91 Å². The Kier molecular flexibility index (Phi) is 10.1. The Morgan fingerprint density at radius 1 is 1.21 bits per heavy atom. The number of carbonyl (C=O) groups excluding carboxylic acids is 2. The first-order valence-electron chi connectivity index (χ1n) is 13.4. The number of likely N-dealkylation sites (N-methyl/N-ethyl adjacent to an activating group) is 1. The molecule has 2 aromatic rings. The van der Waals surface area contributed by atoms with Crippen molar-refractivity contribution in [3.05, 3.63) is 57.6 Å². The van der Waals surface area contributed by atoms with Crippen LogP contribution in [0.15, 0.2) is 36.4 Å². The van der Waals surface area contributed by atoms with Crippen molar-refractivity contribution < 1.29 is 24.2 Å². The number of rotatable bonds is 8. The van der Waals surface area contributed by atoms with Crippen molar-refractivity contribution >= 4 is 40.7 Å². The molecule has 2 aliphatic heterocycles. The van der Waals surface area contributed by atoms with E-state index in [0.29, 0.717) is 72.7 Å². The Morgan fingerprint density at radius 2 is 1.95 bits per heavy atom. The van der Waals surface area contributed by atoms with E-state index in [0.717, 1.165) is 5.56 Å². The van der Waals surface area contributed by atoms with Gasteiger partial charge in [-0.05, 0) is 56.6 Å². The highest BCUT2D eigenvalue weighted by Gasteiger charge is 2.35. The zero-order chi connectivity index (χ0) is 28.1. The molecule has 2 aromatic carbocycles. The Labute approximate surface area is 240 Å². The van der Waals surface area contributed by atoms with Gasteiger partial charge < -0.3 is 24.8 Å². The minimum absolute atomic E-state index is 0.0633. The largest absolute Gasteiger partial charge is 0.486 e. The first-order chi connectivity index (χ1) is 18.7. The lowest BCUT2D eigenvalue weighted by atomic mass is 9.98. The van der Waals surface area contributed by atoms with E-state index in [1.165, 1.54) is 0 Å². The summed E-state index contributed by atoms with van der Waals surface area (Å²) in [6.45, 7) is 6.41. The van der Waals surface area contributed by atoms with Crippen LogP contribution in [0.3, 0.4) is 0 Å². The predicted molar refractivity (Wildman–Crippen MR) is 153 cm³/mol. The van der Waals surface area contributed by atoms with E-state index in [1.54, 1.807) is 29.2 Å². The maximum atomic E-state index is 13.7. The number of fused-ring (bicyclic) bond motifs is 1. The number of carbonyl (C=O) groups is 2. The number of nitrogens with zero attached hydrogens (tertiary/aromatic N) is 2. The number of aliphatic hydroxyl groups excluding tert-OH is 1. The zero-order valence-electron chi connectivity index (χ0n) is 22.7. The quantitative estimate of drug-likeness (QED) is 0.472. The van der Waals surface area contributed by atoms with E-state index in [4.69, 9.17) is 32.7 Å². The Morgan fingerprint density at radius 3 is 2.64 bits per heavy atom. The lowest BCUT2D eigenvalue weighted by Gasteiger charge is -2.38. The van der Waals surface area contributed by atoms with Gasteiger partial charge in [0.15, 0.2) is 5.75 Å². The van der Waals surface area contributed by atoms with Gasteiger partial charge in [0.1, 0.15) is 6.10 Å². The van der Waals surface area contributed by atoms with Gasteiger partial charge in [-0.1, -0.05) is 42.3 Å². The highest BCUT2D eigenvalue weighted by atomic mass is 35.5. The number of benzene rings is 2. The van der Waals surface area contributed by atoms with Crippen molar-refractivity contribution in [2.75, 3.05) is 45.3 Å². The number of hydrogen-bond donors (Lipinski definition) is 2. The molecule has 39 heavy (non-hydrogen) atoms. The number of para-hydroxylation sites is 1. The summed E-state index contributed by atoms with van der Waals surface area (Å²) in [5, 5.41) is 14.0. The van der Waals surface area contributed by atoms with E-state index in [-0.39, 0.29) is 42.4 Å². The molecule has 4 rings (SSSR count). The third-order valence-electron chi connectivity index (χ3n) is 7.47. The molecule has 2 aliphatic rings. The fraction of sp³-hybridized carbons (Fsp3) is 0.517. The van der Waals surface area contributed by atoms with Crippen molar-refractivity contribution in [1.82, 2.24) is 9.80 Å². The summed E-state index contributed by atoms with van der Waals surface area (Å²) in [6, 6.07) is 10.4. The van der Waals surface area contributed by atoms with E-state index in [9.17, 15) is 14.7 Å². The summed E-state index contributed by atoms with van der Waals surface area (Å²) in [7, 11) is 2.00. The average molecular weight is 579 g/mol. The number of halogens is 2. The minimum Gasteiger partial charge on any atom is -0.486 e. The molecule has 2 heterocycles. The molecule has 3 atom stereocenters. The Bertz CT molecular complexity index is 1170. The minimum atomic E-state index is -0.374. The van der Waals surface area contributed by atoms with Gasteiger partial charge in [0.05, 0.1) is 33.9 Å². The van der Waals surface area contributed by atoms with Crippen LogP contribution in [0.1, 0.15) is 42.6 Å². The molecular weight excluding hydrogens is 541 g/mol. The number of amides is 2. The normalized spacial score (nSPS) is 21.1. The molecule has 212 valence electrons. The summed E-state index contributed by atoms with van der Waals surface area (Å²) in [5.74, 6) is -0.198. The number of anilines is 1. The lowest BCUT2D eigenvalue weighted by molar-refractivity contribution is -0.122. The summed E-state index contributed by atoms with van der Waals surface area (Å²) >= 11 is 12.3. The maximum Gasteiger partial charge on any atom is 0.258 e. The maximum absolute atomic E-state index is 13.7. The van der Waals surface area contributed by atoms with Crippen LogP contribution in [0, 0.1) is 11.8 Å². The average Bonchev–Trinajstić information content (AvgIpc) is 2.93. The highest BCUT2D eigenvalue weighted by Crippen LogP contribution is 2.35. The van der Waals surface area contributed by atoms with Gasteiger partial charge in [-0.2, -0.15) is 0 Å².